The van der Waals surface area contributed by atoms with E-state index >= 15 is 0 Å². The van der Waals surface area contributed by atoms with Gasteiger partial charge in [-0.1, -0.05) is 12.1 Å². The van der Waals surface area contributed by atoms with E-state index < -0.39 is 0 Å². The summed E-state index contributed by atoms with van der Waals surface area (Å²) in [6.07, 6.45) is 2.40. The molecule has 6 nitrogen and oxygen atoms in total. The van der Waals surface area contributed by atoms with Gasteiger partial charge in [-0.3, -0.25) is 4.90 Å². The van der Waals surface area contributed by atoms with Crippen LogP contribution in [0.2, 0.25) is 0 Å². The second-order valence-corrected chi connectivity index (χ2v) is 6.83. The van der Waals surface area contributed by atoms with Gasteiger partial charge in [0.05, 0.1) is 26.9 Å². The Morgan fingerprint density at radius 1 is 1.26 bits per heavy atom. The van der Waals surface area contributed by atoms with Crippen LogP contribution in [0.1, 0.15) is 40.3 Å². The standard InChI is InChI=1S/C21H27NO5/c1-15-20(21(23)25-3)11-19(27-15)14-22(13-18-8-5-9-26-18)12-16-6-4-7-17(10-16)24-2/h4,6-7,10-11,18H,5,8-9,12-14H2,1-3H3. The molecule has 0 aliphatic carbocycles. The second-order valence-electron chi connectivity index (χ2n) is 6.83. The number of hydrogen-bond donors (Lipinski definition) is 0. The molecule has 2 heterocycles. The summed E-state index contributed by atoms with van der Waals surface area (Å²) in [6.45, 7) is 4.75. The smallest absolute Gasteiger partial charge is 0.341 e. The normalized spacial score (nSPS) is 16.7. The van der Waals surface area contributed by atoms with Crippen LogP contribution in [0.5, 0.6) is 5.75 Å². The maximum Gasteiger partial charge on any atom is 0.341 e. The van der Waals surface area contributed by atoms with Crippen molar-refractivity contribution in [2.45, 2.75) is 39.0 Å². The lowest BCUT2D eigenvalue weighted by Gasteiger charge is -2.24. The molecular weight excluding hydrogens is 346 g/mol. The topological polar surface area (TPSA) is 61.1 Å². The third kappa shape index (κ3) is 5.11. The van der Waals surface area contributed by atoms with Gasteiger partial charge in [0.1, 0.15) is 22.8 Å². The predicted octanol–water partition coefficient (Wildman–Crippen LogP) is 3.56. The number of rotatable bonds is 8. The van der Waals surface area contributed by atoms with Crippen molar-refractivity contribution in [1.29, 1.82) is 0 Å². The third-order valence-electron chi connectivity index (χ3n) is 4.78. The zero-order chi connectivity index (χ0) is 19.2. The number of methoxy groups -OCH3 is 2. The molecule has 1 atom stereocenters. The molecule has 0 amide bonds. The van der Waals surface area contributed by atoms with Gasteiger partial charge < -0.3 is 18.6 Å². The molecule has 27 heavy (non-hydrogen) atoms. The number of benzene rings is 1. The van der Waals surface area contributed by atoms with Crippen molar-refractivity contribution in [2.24, 2.45) is 0 Å². The fraction of sp³-hybridized carbons (Fsp3) is 0.476. The highest BCUT2D eigenvalue weighted by atomic mass is 16.5. The maximum absolute atomic E-state index is 11.8. The summed E-state index contributed by atoms with van der Waals surface area (Å²) in [5.74, 6) is 1.79. The van der Waals surface area contributed by atoms with Crippen LogP contribution in [0.25, 0.3) is 0 Å². The van der Waals surface area contributed by atoms with Gasteiger partial charge in [-0.05, 0) is 43.5 Å². The van der Waals surface area contributed by atoms with E-state index in [1.165, 1.54) is 7.11 Å². The van der Waals surface area contributed by atoms with Crippen LogP contribution >= 0.6 is 0 Å². The van der Waals surface area contributed by atoms with Gasteiger partial charge in [-0.25, -0.2) is 4.79 Å². The molecule has 1 saturated heterocycles. The minimum atomic E-state index is -0.374. The van der Waals surface area contributed by atoms with Crippen molar-refractivity contribution in [3.05, 3.63) is 53.0 Å². The summed E-state index contributed by atoms with van der Waals surface area (Å²) in [4.78, 5) is 14.1. The lowest BCUT2D eigenvalue weighted by Crippen LogP contribution is -2.31. The van der Waals surface area contributed by atoms with Crippen molar-refractivity contribution in [1.82, 2.24) is 4.90 Å². The summed E-state index contributed by atoms with van der Waals surface area (Å²) in [7, 11) is 3.05. The molecule has 6 heteroatoms. The molecule has 0 radical (unpaired) electrons. The van der Waals surface area contributed by atoms with Gasteiger partial charge in [0.15, 0.2) is 0 Å². The van der Waals surface area contributed by atoms with Gasteiger partial charge in [-0.15, -0.1) is 0 Å². The molecule has 0 spiro atoms. The Labute approximate surface area is 160 Å². The molecular formula is C21H27NO5. The van der Waals surface area contributed by atoms with Crippen LogP contribution in [0.4, 0.5) is 0 Å². The molecule has 2 aromatic rings. The molecule has 0 N–H and O–H groups in total. The summed E-state index contributed by atoms with van der Waals surface area (Å²) in [6, 6.07) is 9.82. The molecule has 1 aromatic carbocycles. The van der Waals surface area contributed by atoms with Crippen molar-refractivity contribution < 1.29 is 23.4 Å². The van der Waals surface area contributed by atoms with Crippen molar-refractivity contribution in [2.75, 3.05) is 27.4 Å². The fourth-order valence-corrected chi connectivity index (χ4v) is 3.44. The van der Waals surface area contributed by atoms with Crippen molar-refractivity contribution in [3.63, 3.8) is 0 Å². The number of aryl methyl sites for hydroxylation is 1. The minimum absolute atomic E-state index is 0.228. The van der Waals surface area contributed by atoms with E-state index in [1.54, 1.807) is 20.1 Å². The Hall–Kier alpha value is -2.31. The number of esters is 1. The molecule has 1 aromatic heterocycles. The third-order valence-corrected chi connectivity index (χ3v) is 4.78. The number of hydrogen-bond acceptors (Lipinski definition) is 6. The van der Waals surface area contributed by atoms with Gasteiger partial charge >= 0.3 is 5.97 Å². The largest absolute Gasteiger partial charge is 0.497 e. The van der Waals surface area contributed by atoms with Crippen LogP contribution in [0.15, 0.2) is 34.7 Å². The number of nitrogens with zero attached hydrogens (tertiary/aromatic N) is 1. The quantitative estimate of drug-likeness (QED) is 0.660. The van der Waals surface area contributed by atoms with Gasteiger partial charge in [0.25, 0.3) is 0 Å². The Balaban J connectivity index is 1.75. The Kier molecular flexibility index (Phi) is 6.53. The van der Waals surface area contributed by atoms with Crippen molar-refractivity contribution in [3.8, 4) is 5.75 Å². The first-order valence-corrected chi connectivity index (χ1v) is 9.23. The summed E-state index contributed by atoms with van der Waals surface area (Å²) in [5, 5.41) is 0. The number of carbonyl (C=O) groups excluding carboxylic acids is 1. The summed E-state index contributed by atoms with van der Waals surface area (Å²) >= 11 is 0. The average molecular weight is 373 g/mol. The lowest BCUT2D eigenvalue weighted by molar-refractivity contribution is 0.0598. The van der Waals surface area contributed by atoms with E-state index in [-0.39, 0.29) is 12.1 Å². The van der Waals surface area contributed by atoms with Crippen LogP contribution in [0, 0.1) is 6.92 Å². The lowest BCUT2D eigenvalue weighted by atomic mass is 10.1. The summed E-state index contributed by atoms with van der Waals surface area (Å²) < 4.78 is 21.8. The molecule has 0 bridgehead atoms. The molecule has 1 aliphatic rings. The molecule has 1 aliphatic heterocycles. The zero-order valence-corrected chi connectivity index (χ0v) is 16.2. The van der Waals surface area contributed by atoms with Gasteiger partial charge in [0.2, 0.25) is 0 Å². The number of carbonyl (C=O) groups is 1. The SMILES string of the molecule is COC(=O)c1cc(CN(Cc2cccc(OC)c2)CC2CCCO2)oc1C. The van der Waals surface area contributed by atoms with E-state index in [4.69, 9.17) is 18.6 Å². The summed E-state index contributed by atoms with van der Waals surface area (Å²) in [5.41, 5.74) is 1.63. The Morgan fingerprint density at radius 2 is 2.11 bits per heavy atom. The van der Waals surface area contributed by atoms with E-state index in [9.17, 15) is 4.79 Å². The highest BCUT2D eigenvalue weighted by molar-refractivity contribution is 5.90. The monoisotopic (exact) mass is 373 g/mol. The van der Waals surface area contributed by atoms with Crippen LogP contribution < -0.4 is 4.74 Å². The Bertz CT molecular complexity index is 764. The fourth-order valence-electron chi connectivity index (χ4n) is 3.44. The highest BCUT2D eigenvalue weighted by Crippen LogP contribution is 2.22. The van der Waals surface area contributed by atoms with Crippen LogP contribution in [-0.4, -0.2) is 44.3 Å². The van der Waals surface area contributed by atoms with E-state index in [0.717, 1.165) is 49.6 Å². The number of ether oxygens (including phenoxy) is 3. The van der Waals surface area contributed by atoms with E-state index in [2.05, 4.69) is 11.0 Å². The van der Waals surface area contributed by atoms with Gasteiger partial charge in [0, 0.05) is 19.7 Å². The van der Waals surface area contributed by atoms with Crippen LogP contribution in [-0.2, 0) is 22.6 Å². The van der Waals surface area contributed by atoms with E-state index in [0.29, 0.717) is 17.9 Å². The first kappa shape index (κ1) is 19.5. The first-order chi connectivity index (χ1) is 13.1. The molecule has 0 saturated carbocycles. The zero-order valence-electron chi connectivity index (χ0n) is 16.2. The highest BCUT2D eigenvalue weighted by Gasteiger charge is 2.22. The minimum Gasteiger partial charge on any atom is -0.497 e. The predicted molar refractivity (Wildman–Crippen MR) is 101 cm³/mol. The van der Waals surface area contributed by atoms with Gasteiger partial charge in [-0.2, -0.15) is 0 Å². The molecule has 1 fully saturated rings. The Morgan fingerprint density at radius 3 is 2.81 bits per heavy atom. The molecule has 1 unspecified atom stereocenters. The average Bonchev–Trinajstić information content (AvgIpc) is 3.30. The number of furan rings is 1. The first-order valence-electron chi connectivity index (χ1n) is 9.23. The van der Waals surface area contributed by atoms with E-state index in [1.807, 2.05) is 18.2 Å². The molecule has 3 rings (SSSR count). The van der Waals surface area contributed by atoms with Crippen molar-refractivity contribution >= 4 is 5.97 Å². The molecule has 146 valence electrons. The second kappa shape index (κ2) is 9.06. The van der Waals surface area contributed by atoms with Crippen LogP contribution in [0.3, 0.4) is 0 Å². The maximum atomic E-state index is 11.8.